The number of carbonyl (C=O) groups excluding carboxylic acids is 2. The Morgan fingerprint density at radius 3 is 2.17 bits per heavy atom. The van der Waals surface area contributed by atoms with Crippen molar-refractivity contribution in [2.45, 2.75) is 19.8 Å². The molecule has 5 heteroatoms. The Morgan fingerprint density at radius 2 is 1.62 bits per heavy atom. The second kappa shape index (κ2) is 8.15. The van der Waals surface area contributed by atoms with Crippen LogP contribution in [0.15, 0.2) is 48.5 Å². The zero-order chi connectivity index (χ0) is 17.5. The molecule has 0 unspecified atom stereocenters. The minimum Gasteiger partial charge on any atom is -0.484 e. The van der Waals surface area contributed by atoms with E-state index in [1.165, 1.54) is 12.7 Å². The van der Waals surface area contributed by atoms with Crippen LogP contribution in [0.3, 0.4) is 0 Å². The van der Waals surface area contributed by atoms with Gasteiger partial charge in [-0.3, -0.25) is 4.79 Å². The molecule has 0 aliphatic rings. The minimum absolute atomic E-state index is 0.108. The Hall–Kier alpha value is -2.82. The number of amides is 1. The Morgan fingerprint density at radius 1 is 1.00 bits per heavy atom. The summed E-state index contributed by atoms with van der Waals surface area (Å²) in [5.41, 5.74) is 2.38. The molecule has 2 aromatic rings. The fraction of sp³-hybridized carbons (Fsp3) is 0.263. The van der Waals surface area contributed by atoms with Crippen LogP contribution in [0, 0.1) is 0 Å². The van der Waals surface area contributed by atoms with Crippen LogP contribution in [-0.2, 0) is 9.53 Å². The van der Waals surface area contributed by atoms with Crippen molar-refractivity contribution in [1.82, 2.24) is 0 Å². The van der Waals surface area contributed by atoms with Crippen molar-refractivity contribution in [3.05, 3.63) is 59.7 Å². The van der Waals surface area contributed by atoms with E-state index in [-0.39, 0.29) is 12.5 Å². The average Bonchev–Trinajstić information content (AvgIpc) is 2.60. The van der Waals surface area contributed by atoms with E-state index in [0.29, 0.717) is 17.2 Å². The van der Waals surface area contributed by atoms with Crippen LogP contribution in [0.25, 0.3) is 0 Å². The monoisotopic (exact) mass is 327 g/mol. The summed E-state index contributed by atoms with van der Waals surface area (Å²) >= 11 is 0. The number of hydrogen-bond donors (Lipinski definition) is 1. The zero-order valence-electron chi connectivity index (χ0n) is 14.0. The van der Waals surface area contributed by atoms with Gasteiger partial charge < -0.3 is 14.8 Å². The molecule has 0 saturated carbocycles. The van der Waals surface area contributed by atoms with Gasteiger partial charge in [-0.05, 0) is 47.9 Å². The summed E-state index contributed by atoms with van der Waals surface area (Å²) < 4.78 is 10.0. The lowest BCUT2D eigenvalue weighted by Crippen LogP contribution is -2.20. The molecule has 1 N–H and O–H groups in total. The van der Waals surface area contributed by atoms with Gasteiger partial charge in [0.05, 0.1) is 12.7 Å². The molecule has 0 aliphatic carbocycles. The maximum absolute atomic E-state index is 11.9. The molecule has 2 aromatic carbocycles. The van der Waals surface area contributed by atoms with Gasteiger partial charge in [-0.25, -0.2) is 4.79 Å². The van der Waals surface area contributed by atoms with E-state index in [2.05, 4.69) is 23.9 Å². The molecule has 0 bridgehead atoms. The topological polar surface area (TPSA) is 64.6 Å². The van der Waals surface area contributed by atoms with E-state index in [9.17, 15) is 9.59 Å². The Balaban J connectivity index is 1.85. The highest BCUT2D eigenvalue weighted by atomic mass is 16.5. The van der Waals surface area contributed by atoms with Gasteiger partial charge in [-0.15, -0.1) is 0 Å². The highest BCUT2D eigenvalue weighted by Gasteiger charge is 2.07. The molecular weight excluding hydrogens is 306 g/mol. The summed E-state index contributed by atoms with van der Waals surface area (Å²) in [5, 5.41) is 2.78. The van der Waals surface area contributed by atoms with Crippen LogP contribution in [-0.4, -0.2) is 25.6 Å². The molecule has 0 saturated heterocycles. The first-order valence-electron chi connectivity index (χ1n) is 7.70. The molecule has 5 nitrogen and oxygen atoms in total. The molecule has 0 radical (unpaired) electrons. The number of carbonyl (C=O) groups is 2. The van der Waals surface area contributed by atoms with Crippen LogP contribution in [0.4, 0.5) is 5.69 Å². The first-order valence-corrected chi connectivity index (χ1v) is 7.70. The number of hydrogen-bond acceptors (Lipinski definition) is 4. The standard InChI is InChI=1S/C19H21NO4/c1-13(2)14-4-8-16(9-5-14)20-18(21)12-24-17-10-6-15(7-11-17)19(22)23-3/h4-11,13H,12H2,1-3H3,(H,20,21). The minimum atomic E-state index is -0.413. The van der Waals surface area contributed by atoms with Gasteiger partial charge in [0.2, 0.25) is 0 Å². The summed E-state index contributed by atoms with van der Waals surface area (Å²) in [7, 11) is 1.32. The van der Waals surface area contributed by atoms with Gasteiger partial charge in [-0.2, -0.15) is 0 Å². The number of anilines is 1. The summed E-state index contributed by atoms with van der Waals surface area (Å²) in [6.45, 7) is 4.13. The van der Waals surface area contributed by atoms with E-state index < -0.39 is 5.97 Å². The van der Waals surface area contributed by atoms with Gasteiger partial charge in [0.1, 0.15) is 5.75 Å². The maximum atomic E-state index is 11.9. The number of esters is 1. The highest BCUT2D eigenvalue weighted by molar-refractivity contribution is 5.92. The SMILES string of the molecule is COC(=O)c1ccc(OCC(=O)Nc2ccc(C(C)C)cc2)cc1. The lowest BCUT2D eigenvalue weighted by Gasteiger charge is -2.09. The number of rotatable bonds is 6. The van der Waals surface area contributed by atoms with Crippen LogP contribution in [0.5, 0.6) is 5.75 Å². The van der Waals surface area contributed by atoms with E-state index in [1.807, 2.05) is 24.3 Å². The average molecular weight is 327 g/mol. The fourth-order valence-electron chi connectivity index (χ4n) is 2.10. The van der Waals surface area contributed by atoms with Crippen molar-refractivity contribution < 1.29 is 19.1 Å². The van der Waals surface area contributed by atoms with Gasteiger partial charge in [0.15, 0.2) is 6.61 Å². The molecule has 1 amide bonds. The molecule has 0 heterocycles. The van der Waals surface area contributed by atoms with Crippen molar-refractivity contribution in [2.75, 3.05) is 19.0 Å². The summed E-state index contributed by atoms with van der Waals surface area (Å²) in [6, 6.07) is 14.2. The molecule has 0 aromatic heterocycles. The third-order valence-electron chi connectivity index (χ3n) is 3.51. The Kier molecular flexibility index (Phi) is 5.95. The quantitative estimate of drug-likeness (QED) is 0.823. The highest BCUT2D eigenvalue weighted by Crippen LogP contribution is 2.17. The first kappa shape index (κ1) is 17.5. The molecule has 0 aliphatic heterocycles. The van der Waals surface area contributed by atoms with Crippen molar-refractivity contribution in [3.8, 4) is 5.75 Å². The smallest absolute Gasteiger partial charge is 0.337 e. The number of benzene rings is 2. The van der Waals surface area contributed by atoms with Gasteiger partial charge in [0.25, 0.3) is 5.91 Å². The second-order valence-electron chi connectivity index (χ2n) is 5.63. The van der Waals surface area contributed by atoms with Crippen LogP contribution >= 0.6 is 0 Å². The number of ether oxygens (including phenoxy) is 2. The predicted octanol–water partition coefficient (Wildman–Crippen LogP) is 3.61. The first-order chi connectivity index (χ1) is 11.5. The predicted molar refractivity (Wildman–Crippen MR) is 92.4 cm³/mol. The third kappa shape index (κ3) is 4.84. The molecule has 126 valence electrons. The second-order valence-corrected chi connectivity index (χ2v) is 5.63. The summed E-state index contributed by atoms with van der Waals surface area (Å²) in [4.78, 5) is 23.2. The maximum Gasteiger partial charge on any atom is 0.337 e. The fourth-order valence-corrected chi connectivity index (χ4v) is 2.10. The normalized spacial score (nSPS) is 10.3. The summed E-state index contributed by atoms with van der Waals surface area (Å²) in [5.74, 6) is 0.299. The summed E-state index contributed by atoms with van der Waals surface area (Å²) in [6.07, 6.45) is 0. The van der Waals surface area contributed by atoms with E-state index in [0.717, 1.165) is 5.69 Å². The van der Waals surface area contributed by atoms with Crippen molar-refractivity contribution in [1.29, 1.82) is 0 Å². The lowest BCUT2D eigenvalue weighted by atomic mass is 10.0. The number of nitrogens with one attached hydrogen (secondary N) is 1. The van der Waals surface area contributed by atoms with Crippen LogP contribution in [0.1, 0.15) is 35.7 Å². The zero-order valence-corrected chi connectivity index (χ0v) is 14.0. The molecular formula is C19H21NO4. The Bertz CT molecular complexity index is 690. The largest absolute Gasteiger partial charge is 0.484 e. The molecule has 24 heavy (non-hydrogen) atoms. The van der Waals surface area contributed by atoms with Gasteiger partial charge in [0, 0.05) is 5.69 Å². The number of methoxy groups -OCH3 is 1. The molecule has 0 atom stereocenters. The van der Waals surface area contributed by atoms with Crippen LogP contribution in [0.2, 0.25) is 0 Å². The van der Waals surface area contributed by atoms with Crippen molar-refractivity contribution >= 4 is 17.6 Å². The van der Waals surface area contributed by atoms with Gasteiger partial charge in [-0.1, -0.05) is 26.0 Å². The van der Waals surface area contributed by atoms with Crippen molar-refractivity contribution in [3.63, 3.8) is 0 Å². The Labute approximate surface area is 141 Å². The molecule has 0 spiro atoms. The lowest BCUT2D eigenvalue weighted by molar-refractivity contribution is -0.118. The third-order valence-corrected chi connectivity index (χ3v) is 3.51. The van der Waals surface area contributed by atoms with Crippen LogP contribution < -0.4 is 10.1 Å². The van der Waals surface area contributed by atoms with E-state index in [4.69, 9.17) is 4.74 Å². The van der Waals surface area contributed by atoms with E-state index >= 15 is 0 Å². The molecule has 2 rings (SSSR count). The van der Waals surface area contributed by atoms with Crippen molar-refractivity contribution in [2.24, 2.45) is 0 Å². The van der Waals surface area contributed by atoms with Gasteiger partial charge >= 0.3 is 5.97 Å². The van der Waals surface area contributed by atoms with E-state index in [1.54, 1.807) is 24.3 Å². The molecule has 0 fully saturated rings.